The van der Waals surface area contributed by atoms with Crippen LogP contribution in [0.2, 0.25) is 0 Å². The Morgan fingerprint density at radius 3 is 2.45 bits per heavy atom. The summed E-state index contributed by atoms with van der Waals surface area (Å²) in [6.45, 7) is 8.99. The minimum absolute atomic E-state index is 0.0641. The van der Waals surface area contributed by atoms with Gasteiger partial charge in [0, 0.05) is 19.0 Å². The Bertz CT molecular complexity index is 233. The van der Waals surface area contributed by atoms with Gasteiger partial charge in [-0.15, -0.1) is 0 Å². The molecule has 4 heteroatoms. The molecular formula is C16H34N2O2. The lowest BCUT2D eigenvalue weighted by molar-refractivity contribution is -0.143. The number of likely N-dealkylation sites (N-methyl/N-ethyl adjacent to an activating group) is 1. The van der Waals surface area contributed by atoms with E-state index in [0.29, 0.717) is 19.1 Å². The first kappa shape index (κ1) is 19.4. The molecule has 0 heterocycles. The van der Waals surface area contributed by atoms with Gasteiger partial charge in [-0.2, -0.15) is 0 Å². The molecule has 0 spiro atoms. The van der Waals surface area contributed by atoms with Crippen molar-refractivity contribution in [2.45, 2.75) is 58.9 Å². The van der Waals surface area contributed by atoms with Gasteiger partial charge in [0.25, 0.3) is 0 Å². The molecule has 0 radical (unpaired) electrons. The van der Waals surface area contributed by atoms with Gasteiger partial charge in [-0.05, 0) is 52.7 Å². The third-order valence-corrected chi connectivity index (χ3v) is 3.14. The van der Waals surface area contributed by atoms with Crippen LogP contribution in [0.25, 0.3) is 0 Å². The average Bonchev–Trinajstić information content (AvgIpc) is 2.32. The van der Waals surface area contributed by atoms with E-state index in [1.54, 1.807) is 0 Å². The standard InChI is InChI=1S/C16H34N2O2/c1-6-20-16(19)10-8-7-9-11-17-15(12-14(2)3)13-18(4)5/h14-15,17H,6-13H2,1-5H3. The summed E-state index contributed by atoms with van der Waals surface area (Å²) in [7, 11) is 4.24. The predicted molar refractivity (Wildman–Crippen MR) is 84.9 cm³/mol. The number of hydrogen-bond donors (Lipinski definition) is 1. The number of esters is 1. The Morgan fingerprint density at radius 2 is 1.90 bits per heavy atom. The first-order valence-corrected chi connectivity index (χ1v) is 7.99. The van der Waals surface area contributed by atoms with Gasteiger partial charge < -0.3 is 15.0 Å². The van der Waals surface area contributed by atoms with E-state index < -0.39 is 0 Å². The van der Waals surface area contributed by atoms with Crippen molar-refractivity contribution in [3.8, 4) is 0 Å². The van der Waals surface area contributed by atoms with Crippen LogP contribution in [0.5, 0.6) is 0 Å². The molecule has 4 nitrogen and oxygen atoms in total. The fourth-order valence-corrected chi connectivity index (χ4v) is 2.34. The molecule has 1 N–H and O–H groups in total. The van der Waals surface area contributed by atoms with Crippen LogP contribution in [0, 0.1) is 5.92 Å². The smallest absolute Gasteiger partial charge is 0.305 e. The minimum atomic E-state index is -0.0641. The van der Waals surface area contributed by atoms with Crippen LogP contribution in [0.3, 0.4) is 0 Å². The van der Waals surface area contributed by atoms with Crippen molar-refractivity contribution in [1.29, 1.82) is 0 Å². The highest BCUT2D eigenvalue weighted by Gasteiger charge is 2.11. The van der Waals surface area contributed by atoms with Crippen LogP contribution >= 0.6 is 0 Å². The summed E-state index contributed by atoms with van der Waals surface area (Å²) >= 11 is 0. The Balaban J connectivity index is 3.64. The summed E-state index contributed by atoms with van der Waals surface area (Å²) in [6.07, 6.45) is 4.91. The first-order chi connectivity index (χ1) is 9.45. The van der Waals surface area contributed by atoms with Gasteiger partial charge in [-0.1, -0.05) is 20.3 Å². The van der Waals surface area contributed by atoms with E-state index in [2.05, 4.69) is 38.2 Å². The van der Waals surface area contributed by atoms with Gasteiger partial charge in [-0.25, -0.2) is 0 Å². The average molecular weight is 286 g/mol. The molecule has 0 saturated carbocycles. The fourth-order valence-electron chi connectivity index (χ4n) is 2.34. The molecule has 0 aromatic carbocycles. The van der Waals surface area contributed by atoms with Gasteiger partial charge in [0.05, 0.1) is 6.61 Å². The molecule has 0 amide bonds. The number of rotatable bonds is 12. The quantitative estimate of drug-likeness (QED) is 0.442. The molecule has 120 valence electrons. The maximum atomic E-state index is 11.2. The maximum absolute atomic E-state index is 11.2. The van der Waals surface area contributed by atoms with Crippen LogP contribution in [0.15, 0.2) is 0 Å². The largest absolute Gasteiger partial charge is 0.466 e. The molecule has 0 rings (SSSR count). The van der Waals surface area contributed by atoms with Gasteiger partial charge >= 0.3 is 5.97 Å². The van der Waals surface area contributed by atoms with Crippen molar-refractivity contribution >= 4 is 5.97 Å². The van der Waals surface area contributed by atoms with Crippen LogP contribution < -0.4 is 5.32 Å². The molecule has 0 saturated heterocycles. The molecular weight excluding hydrogens is 252 g/mol. The van der Waals surface area contributed by atoms with Crippen LogP contribution in [-0.4, -0.2) is 50.7 Å². The Hall–Kier alpha value is -0.610. The van der Waals surface area contributed by atoms with Crippen LogP contribution in [0.1, 0.15) is 52.9 Å². The number of unbranched alkanes of at least 4 members (excludes halogenated alkanes) is 2. The van der Waals surface area contributed by atoms with E-state index in [1.807, 2.05) is 6.92 Å². The molecule has 0 bridgehead atoms. The fraction of sp³-hybridized carbons (Fsp3) is 0.938. The highest BCUT2D eigenvalue weighted by atomic mass is 16.5. The molecule has 1 unspecified atom stereocenters. The van der Waals surface area contributed by atoms with Gasteiger partial charge in [0.1, 0.15) is 0 Å². The zero-order valence-corrected chi connectivity index (χ0v) is 14.1. The number of nitrogens with one attached hydrogen (secondary N) is 1. The van der Waals surface area contributed by atoms with Gasteiger partial charge in [0.15, 0.2) is 0 Å². The minimum Gasteiger partial charge on any atom is -0.466 e. The van der Waals surface area contributed by atoms with E-state index >= 15 is 0 Å². The van der Waals surface area contributed by atoms with E-state index in [-0.39, 0.29) is 5.97 Å². The maximum Gasteiger partial charge on any atom is 0.305 e. The van der Waals surface area contributed by atoms with Crippen molar-refractivity contribution in [1.82, 2.24) is 10.2 Å². The molecule has 0 aliphatic rings. The lowest BCUT2D eigenvalue weighted by atomic mass is 10.0. The summed E-state index contributed by atoms with van der Waals surface area (Å²) in [5.41, 5.74) is 0. The van der Waals surface area contributed by atoms with Crippen molar-refractivity contribution in [2.24, 2.45) is 5.92 Å². The van der Waals surface area contributed by atoms with Crippen LogP contribution in [0.4, 0.5) is 0 Å². The highest BCUT2D eigenvalue weighted by Crippen LogP contribution is 2.06. The van der Waals surface area contributed by atoms with Crippen LogP contribution in [-0.2, 0) is 9.53 Å². The number of nitrogens with zero attached hydrogens (tertiary/aromatic N) is 1. The van der Waals surface area contributed by atoms with Gasteiger partial charge in [-0.3, -0.25) is 4.79 Å². The highest BCUT2D eigenvalue weighted by molar-refractivity contribution is 5.69. The zero-order valence-electron chi connectivity index (χ0n) is 14.1. The number of carbonyl (C=O) groups excluding carboxylic acids is 1. The molecule has 0 aromatic heterocycles. The summed E-state index contributed by atoms with van der Waals surface area (Å²) in [5, 5.41) is 3.64. The molecule has 20 heavy (non-hydrogen) atoms. The molecule has 1 atom stereocenters. The molecule has 0 fully saturated rings. The SMILES string of the molecule is CCOC(=O)CCCCCNC(CC(C)C)CN(C)C. The summed E-state index contributed by atoms with van der Waals surface area (Å²) in [4.78, 5) is 13.4. The molecule has 0 aliphatic carbocycles. The van der Waals surface area contributed by atoms with Crippen molar-refractivity contribution in [2.75, 3.05) is 33.8 Å². The second kappa shape index (κ2) is 12.2. The van der Waals surface area contributed by atoms with Crippen molar-refractivity contribution < 1.29 is 9.53 Å². The topological polar surface area (TPSA) is 41.6 Å². The molecule has 0 aromatic rings. The monoisotopic (exact) mass is 286 g/mol. The number of carbonyl (C=O) groups is 1. The summed E-state index contributed by atoms with van der Waals surface area (Å²) in [5.74, 6) is 0.655. The Morgan fingerprint density at radius 1 is 1.20 bits per heavy atom. The number of ether oxygens (including phenoxy) is 1. The second-order valence-corrected chi connectivity index (χ2v) is 6.16. The summed E-state index contributed by atoms with van der Waals surface area (Å²) < 4.78 is 4.91. The lowest BCUT2D eigenvalue weighted by Crippen LogP contribution is -2.39. The Kier molecular flexibility index (Phi) is 11.8. The normalized spacial score (nSPS) is 12.9. The van der Waals surface area contributed by atoms with E-state index in [1.165, 1.54) is 6.42 Å². The first-order valence-electron chi connectivity index (χ1n) is 7.99. The third-order valence-electron chi connectivity index (χ3n) is 3.14. The number of hydrogen-bond acceptors (Lipinski definition) is 4. The van der Waals surface area contributed by atoms with E-state index in [0.717, 1.165) is 38.3 Å². The van der Waals surface area contributed by atoms with Gasteiger partial charge in [0.2, 0.25) is 0 Å². The van der Waals surface area contributed by atoms with Crippen molar-refractivity contribution in [3.05, 3.63) is 0 Å². The summed E-state index contributed by atoms with van der Waals surface area (Å²) in [6, 6.07) is 0.565. The van der Waals surface area contributed by atoms with E-state index in [9.17, 15) is 4.79 Å². The lowest BCUT2D eigenvalue weighted by Gasteiger charge is -2.24. The zero-order chi connectivity index (χ0) is 15.4. The van der Waals surface area contributed by atoms with Crippen molar-refractivity contribution in [3.63, 3.8) is 0 Å². The Labute approximate surface area is 125 Å². The second-order valence-electron chi connectivity index (χ2n) is 6.16. The van der Waals surface area contributed by atoms with E-state index in [4.69, 9.17) is 4.74 Å². The third kappa shape index (κ3) is 12.4. The molecule has 0 aliphatic heterocycles. The predicted octanol–water partition coefficient (Wildman–Crippen LogP) is 2.68.